The molecule has 0 spiro atoms. The minimum absolute atomic E-state index is 0.192. The molecule has 0 bridgehead atoms. The van der Waals surface area contributed by atoms with E-state index in [9.17, 15) is 0 Å². The van der Waals surface area contributed by atoms with Crippen LogP contribution in [0.4, 0.5) is 5.82 Å². The fourth-order valence-corrected chi connectivity index (χ4v) is 5.35. The molecule has 3 heterocycles. The Hall–Kier alpha value is -3.05. The van der Waals surface area contributed by atoms with E-state index in [1.807, 2.05) is 30.3 Å². The molecule has 5 aromatic rings. The molecule has 1 atom stereocenters. The van der Waals surface area contributed by atoms with Crippen molar-refractivity contribution < 1.29 is 0 Å². The van der Waals surface area contributed by atoms with Gasteiger partial charge in [0.05, 0.1) is 22.6 Å². The molecule has 1 aliphatic heterocycles. The van der Waals surface area contributed by atoms with Crippen LogP contribution in [-0.4, -0.2) is 40.5 Å². The van der Waals surface area contributed by atoms with Gasteiger partial charge < -0.3 is 9.30 Å². The van der Waals surface area contributed by atoms with Crippen molar-refractivity contribution in [3.8, 4) is 0 Å². The smallest absolute Gasteiger partial charge is 0.153 e. The van der Waals surface area contributed by atoms with Crippen LogP contribution in [0, 0.1) is 0 Å². The van der Waals surface area contributed by atoms with Gasteiger partial charge in [-0.2, -0.15) is 0 Å². The van der Waals surface area contributed by atoms with Gasteiger partial charge in [0.25, 0.3) is 0 Å². The third-order valence-electron chi connectivity index (χ3n) is 6.68. The highest BCUT2D eigenvalue weighted by atomic mass is 35.5. The van der Waals surface area contributed by atoms with Crippen LogP contribution in [0.15, 0.2) is 91.1 Å². The monoisotopic (exact) mass is 486 g/mol. The summed E-state index contributed by atoms with van der Waals surface area (Å²) in [5, 5.41) is 1.47. The molecule has 170 valence electrons. The SMILES string of the molecule is Clc1ccc(C(c2ccccc2)N2CCN(c3nc4cc(Cl)ccc4n4cccc34)CC2)cc1. The average Bonchev–Trinajstić information content (AvgIpc) is 3.36. The highest BCUT2D eigenvalue weighted by Crippen LogP contribution is 2.32. The third-order valence-corrected chi connectivity index (χ3v) is 7.17. The first-order valence-corrected chi connectivity index (χ1v) is 12.3. The third kappa shape index (κ3) is 3.92. The van der Waals surface area contributed by atoms with Crippen LogP contribution in [0.3, 0.4) is 0 Å². The lowest BCUT2D eigenvalue weighted by Crippen LogP contribution is -2.48. The summed E-state index contributed by atoms with van der Waals surface area (Å²) in [6, 6.07) is 29.3. The summed E-state index contributed by atoms with van der Waals surface area (Å²) in [4.78, 5) is 10.0. The normalized spacial score (nSPS) is 15.8. The number of aromatic nitrogens is 2. The fraction of sp³-hybridized carbons (Fsp3) is 0.179. The van der Waals surface area contributed by atoms with E-state index in [2.05, 4.69) is 75.0 Å². The van der Waals surface area contributed by atoms with E-state index in [1.54, 1.807) is 0 Å². The van der Waals surface area contributed by atoms with Crippen molar-refractivity contribution in [3.05, 3.63) is 112 Å². The number of anilines is 1. The molecule has 1 saturated heterocycles. The topological polar surface area (TPSA) is 23.8 Å². The van der Waals surface area contributed by atoms with E-state index in [-0.39, 0.29) is 6.04 Å². The van der Waals surface area contributed by atoms with Crippen molar-refractivity contribution in [1.82, 2.24) is 14.3 Å². The van der Waals surface area contributed by atoms with Crippen LogP contribution in [0.2, 0.25) is 10.0 Å². The van der Waals surface area contributed by atoms with Gasteiger partial charge >= 0.3 is 0 Å². The van der Waals surface area contributed by atoms with Crippen LogP contribution in [-0.2, 0) is 0 Å². The molecule has 3 aromatic carbocycles. The Morgan fingerprint density at radius 2 is 1.38 bits per heavy atom. The minimum atomic E-state index is 0.192. The van der Waals surface area contributed by atoms with E-state index < -0.39 is 0 Å². The molecule has 1 unspecified atom stereocenters. The van der Waals surface area contributed by atoms with Crippen molar-refractivity contribution in [2.75, 3.05) is 31.1 Å². The van der Waals surface area contributed by atoms with E-state index >= 15 is 0 Å². The average molecular weight is 487 g/mol. The Morgan fingerprint density at radius 3 is 2.15 bits per heavy atom. The zero-order valence-electron chi connectivity index (χ0n) is 18.6. The molecule has 34 heavy (non-hydrogen) atoms. The molecule has 2 aromatic heterocycles. The first-order chi connectivity index (χ1) is 16.7. The number of benzene rings is 3. The molecule has 0 saturated carbocycles. The maximum Gasteiger partial charge on any atom is 0.153 e. The Bertz CT molecular complexity index is 1440. The summed E-state index contributed by atoms with van der Waals surface area (Å²) in [5.41, 5.74) is 5.67. The van der Waals surface area contributed by atoms with Crippen molar-refractivity contribution >= 4 is 45.6 Å². The Kier molecular flexibility index (Phi) is 5.66. The number of fused-ring (bicyclic) bond motifs is 3. The van der Waals surface area contributed by atoms with Crippen molar-refractivity contribution in [2.24, 2.45) is 0 Å². The lowest BCUT2D eigenvalue weighted by Gasteiger charge is -2.40. The number of rotatable bonds is 4. The minimum Gasteiger partial charge on any atom is -0.352 e. The van der Waals surface area contributed by atoms with Gasteiger partial charge in [-0.05, 0) is 53.6 Å². The number of hydrogen-bond donors (Lipinski definition) is 0. The summed E-state index contributed by atoms with van der Waals surface area (Å²) in [7, 11) is 0. The molecule has 1 fully saturated rings. The summed E-state index contributed by atoms with van der Waals surface area (Å²) in [6.45, 7) is 3.67. The van der Waals surface area contributed by atoms with Gasteiger partial charge in [-0.3, -0.25) is 4.90 Å². The van der Waals surface area contributed by atoms with Crippen molar-refractivity contribution in [1.29, 1.82) is 0 Å². The molecule has 0 radical (unpaired) electrons. The molecular weight excluding hydrogens is 463 g/mol. The second kappa shape index (κ2) is 8.95. The van der Waals surface area contributed by atoms with Crippen molar-refractivity contribution in [2.45, 2.75) is 6.04 Å². The van der Waals surface area contributed by atoms with Gasteiger partial charge in [0.15, 0.2) is 5.82 Å². The molecule has 1 aliphatic rings. The molecule has 0 N–H and O–H groups in total. The van der Waals surface area contributed by atoms with Gasteiger partial charge in [-0.1, -0.05) is 65.7 Å². The summed E-state index contributed by atoms with van der Waals surface area (Å²) < 4.78 is 2.21. The molecule has 6 rings (SSSR count). The van der Waals surface area contributed by atoms with Gasteiger partial charge in [0.1, 0.15) is 0 Å². The largest absolute Gasteiger partial charge is 0.352 e. The van der Waals surface area contributed by atoms with Crippen molar-refractivity contribution in [3.63, 3.8) is 0 Å². The Balaban J connectivity index is 1.32. The quantitative estimate of drug-likeness (QED) is 0.282. The zero-order valence-corrected chi connectivity index (χ0v) is 20.1. The van der Waals surface area contributed by atoms with E-state index in [1.165, 1.54) is 11.1 Å². The first-order valence-electron chi connectivity index (χ1n) is 11.5. The highest BCUT2D eigenvalue weighted by Gasteiger charge is 2.28. The summed E-state index contributed by atoms with van der Waals surface area (Å²) >= 11 is 12.5. The zero-order chi connectivity index (χ0) is 23.1. The molecule has 0 aliphatic carbocycles. The standard InChI is InChI=1S/C28H24Cl2N4/c29-22-10-8-21(9-11-22)27(20-5-2-1-3-6-20)32-15-17-33(18-16-32)28-26-7-4-14-34(26)25-13-12-23(30)19-24(25)31-28/h1-14,19,27H,15-18H2. The lowest BCUT2D eigenvalue weighted by molar-refractivity contribution is 0.212. The second-order valence-corrected chi connectivity index (χ2v) is 9.59. The summed E-state index contributed by atoms with van der Waals surface area (Å²) in [5.74, 6) is 1.02. The number of nitrogens with zero attached hydrogens (tertiary/aromatic N) is 4. The first kappa shape index (κ1) is 21.5. The fourth-order valence-electron chi connectivity index (χ4n) is 5.05. The molecule has 0 amide bonds. The van der Waals surface area contributed by atoms with Gasteiger partial charge in [-0.15, -0.1) is 0 Å². The van der Waals surface area contributed by atoms with Crippen LogP contribution in [0.1, 0.15) is 17.2 Å². The number of hydrogen-bond acceptors (Lipinski definition) is 3. The molecule has 6 heteroatoms. The van der Waals surface area contributed by atoms with Gasteiger partial charge in [-0.25, -0.2) is 4.98 Å². The van der Waals surface area contributed by atoms with Gasteiger partial charge in [0.2, 0.25) is 0 Å². The van der Waals surface area contributed by atoms with Crippen LogP contribution in [0.5, 0.6) is 0 Å². The highest BCUT2D eigenvalue weighted by molar-refractivity contribution is 6.31. The van der Waals surface area contributed by atoms with Crippen LogP contribution >= 0.6 is 23.2 Å². The predicted octanol–water partition coefficient (Wildman–Crippen LogP) is 6.71. The van der Waals surface area contributed by atoms with Gasteiger partial charge in [0, 0.05) is 42.4 Å². The predicted molar refractivity (Wildman–Crippen MR) is 141 cm³/mol. The van der Waals surface area contributed by atoms with E-state index in [4.69, 9.17) is 28.2 Å². The van der Waals surface area contributed by atoms with E-state index in [0.717, 1.165) is 53.6 Å². The summed E-state index contributed by atoms with van der Waals surface area (Å²) in [6.07, 6.45) is 2.10. The Labute approximate surface area is 209 Å². The number of piperazine rings is 1. The molecule has 4 nitrogen and oxygen atoms in total. The lowest BCUT2D eigenvalue weighted by atomic mass is 9.96. The maximum absolute atomic E-state index is 6.28. The Morgan fingerprint density at radius 1 is 0.676 bits per heavy atom. The molecular formula is C28H24Cl2N4. The van der Waals surface area contributed by atoms with Crippen LogP contribution < -0.4 is 4.90 Å². The van der Waals surface area contributed by atoms with Crippen LogP contribution in [0.25, 0.3) is 16.6 Å². The van der Waals surface area contributed by atoms with E-state index in [0.29, 0.717) is 5.02 Å². The number of halogens is 2. The maximum atomic E-state index is 6.28. The second-order valence-electron chi connectivity index (χ2n) is 8.72.